The predicted molar refractivity (Wildman–Crippen MR) is 134 cm³/mol. The summed E-state index contributed by atoms with van der Waals surface area (Å²) in [6, 6.07) is 14.0. The quantitative estimate of drug-likeness (QED) is 0.331. The first-order valence-corrected chi connectivity index (χ1v) is 12.5. The Kier molecular flexibility index (Phi) is 5.85. The fourth-order valence-corrected chi connectivity index (χ4v) is 5.64. The first-order chi connectivity index (χ1) is 18.7. The van der Waals surface area contributed by atoms with Crippen LogP contribution in [0, 0.1) is 5.82 Å². The number of nitrogens with zero attached hydrogens (tertiary/aromatic N) is 4. The van der Waals surface area contributed by atoms with Crippen LogP contribution in [0.5, 0.6) is 0 Å². The zero-order valence-electron chi connectivity index (χ0n) is 20.6. The van der Waals surface area contributed by atoms with Gasteiger partial charge in [0.1, 0.15) is 11.6 Å². The van der Waals surface area contributed by atoms with Gasteiger partial charge in [0.25, 0.3) is 5.91 Å². The fraction of sp³-hybridized carbons (Fsp3) is 0.241. The Bertz CT molecular complexity index is 1570. The SMILES string of the molecule is O=C(c1cc(-c2ccncc2)n(-c2ccc(C(F)(F)F)cc2)n1)N1CCC2(CC1)C(=O)Cc1ccc(F)cc12. The van der Waals surface area contributed by atoms with Crippen LogP contribution in [0.4, 0.5) is 17.6 Å². The van der Waals surface area contributed by atoms with E-state index in [-0.39, 0.29) is 36.9 Å². The van der Waals surface area contributed by atoms with E-state index in [0.717, 1.165) is 17.7 Å². The van der Waals surface area contributed by atoms with Crippen molar-refractivity contribution < 1.29 is 27.2 Å². The van der Waals surface area contributed by atoms with Crippen LogP contribution >= 0.6 is 0 Å². The van der Waals surface area contributed by atoms with Gasteiger partial charge >= 0.3 is 6.18 Å². The van der Waals surface area contributed by atoms with Crippen LogP contribution in [0.3, 0.4) is 0 Å². The number of fused-ring (bicyclic) bond motifs is 2. The van der Waals surface area contributed by atoms with Crippen LogP contribution in [0.25, 0.3) is 16.9 Å². The van der Waals surface area contributed by atoms with Crippen molar-refractivity contribution >= 4 is 11.7 Å². The summed E-state index contributed by atoms with van der Waals surface area (Å²) < 4.78 is 54.7. The fourth-order valence-electron chi connectivity index (χ4n) is 5.64. The van der Waals surface area contributed by atoms with Crippen LogP contribution in [0.1, 0.15) is 40.0 Å². The molecular formula is C29H22F4N4O2. The van der Waals surface area contributed by atoms with Crippen molar-refractivity contribution in [3.8, 4) is 16.9 Å². The number of Topliss-reactive ketones (excluding diaryl/α,β-unsaturated/α-hetero) is 1. The topological polar surface area (TPSA) is 68.1 Å². The first kappa shape index (κ1) is 25.0. The molecule has 2 aromatic carbocycles. The molecule has 198 valence electrons. The minimum absolute atomic E-state index is 0.0433. The van der Waals surface area contributed by atoms with Crippen LogP contribution in [0.2, 0.25) is 0 Å². The monoisotopic (exact) mass is 534 g/mol. The Labute approximate surface area is 220 Å². The number of alkyl halides is 3. The van der Waals surface area contributed by atoms with E-state index in [9.17, 15) is 27.2 Å². The highest BCUT2D eigenvalue weighted by atomic mass is 19.4. The molecule has 0 unspecified atom stereocenters. The van der Waals surface area contributed by atoms with Gasteiger partial charge in [0.05, 0.1) is 22.4 Å². The number of piperidine rings is 1. The average molecular weight is 535 g/mol. The number of pyridine rings is 1. The molecular weight excluding hydrogens is 512 g/mol. The largest absolute Gasteiger partial charge is 0.416 e. The molecule has 1 aliphatic carbocycles. The molecule has 6 rings (SSSR count). The van der Waals surface area contributed by atoms with Gasteiger partial charge in [-0.2, -0.15) is 18.3 Å². The summed E-state index contributed by atoms with van der Waals surface area (Å²) in [4.78, 5) is 32.2. The molecule has 1 aliphatic heterocycles. The third-order valence-corrected chi connectivity index (χ3v) is 7.72. The number of benzene rings is 2. The van der Waals surface area contributed by atoms with Gasteiger partial charge in [-0.1, -0.05) is 6.07 Å². The lowest BCUT2D eigenvalue weighted by Crippen LogP contribution is -2.47. The number of likely N-dealkylation sites (tertiary alicyclic amines) is 1. The van der Waals surface area contributed by atoms with Gasteiger partial charge in [-0.25, -0.2) is 9.07 Å². The third kappa shape index (κ3) is 4.29. The lowest BCUT2D eigenvalue weighted by Gasteiger charge is -2.38. The summed E-state index contributed by atoms with van der Waals surface area (Å²) >= 11 is 0. The Hall–Kier alpha value is -4.34. The number of carbonyl (C=O) groups is 2. The molecule has 1 fully saturated rings. The van der Waals surface area contributed by atoms with Crippen LogP contribution in [0.15, 0.2) is 73.1 Å². The number of aromatic nitrogens is 3. The van der Waals surface area contributed by atoms with E-state index in [1.165, 1.54) is 28.9 Å². The summed E-state index contributed by atoms with van der Waals surface area (Å²) in [7, 11) is 0. The summed E-state index contributed by atoms with van der Waals surface area (Å²) in [6.07, 6.45) is -0.309. The van der Waals surface area contributed by atoms with Crippen molar-refractivity contribution in [2.45, 2.75) is 30.9 Å². The second-order valence-corrected chi connectivity index (χ2v) is 9.88. The van der Waals surface area contributed by atoms with Crippen molar-refractivity contribution in [1.29, 1.82) is 0 Å². The number of rotatable bonds is 3. The van der Waals surface area contributed by atoms with E-state index in [4.69, 9.17) is 0 Å². The minimum Gasteiger partial charge on any atom is -0.337 e. The van der Waals surface area contributed by atoms with E-state index in [2.05, 4.69) is 10.1 Å². The molecule has 39 heavy (non-hydrogen) atoms. The van der Waals surface area contributed by atoms with Gasteiger partial charge in [-0.15, -0.1) is 0 Å². The van der Waals surface area contributed by atoms with Gasteiger partial charge in [-0.3, -0.25) is 14.6 Å². The Balaban J connectivity index is 1.30. The molecule has 0 bridgehead atoms. The van der Waals surface area contributed by atoms with Crippen LogP contribution < -0.4 is 0 Å². The zero-order valence-corrected chi connectivity index (χ0v) is 20.6. The number of hydrogen-bond acceptors (Lipinski definition) is 4. The molecule has 4 aromatic rings. The molecule has 0 N–H and O–H groups in total. The van der Waals surface area contributed by atoms with Gasteiger partial charge in [0, 0.05) is 37.5 Å². The van der Waals surface area contributed by atoms with Crippen molar-refractivity contribution in [3.05, 3.63) is 101 Å². The molecule has 2 aliphatic rings. The molecule has 0 atom stereocenters. The number of carbonyl (C=O) groups excluding carboxylic acids is 2. The maximum absolute atomic E-state index is 14.0. The van der Waals surface area contributed by atoms with Crippen molar-refractivity contribution in [1.82, 2.24) is 19.7 Å². The van der Waals surface area contributed by atoms with Crippen LogP contribution in [-0.2, 0) is 22.8 Å². The molecule has 6 nitrogen and oxygen atoms in total. The highest BCUT2D eigenvalue weighted by molar-refractivity contribution is 5.98. The highest BCUT2D eigenvalue weighted by Gasteiger charge is 2.48. The molecule has 10 heteroatoms. The van der Waals surface area contributed by atoms with Crippen molar-refractivity contribution in [2.24, 2.45) is 0 Å². The van der Waals surface area contributed by atoms with E-state index in [0.29, 0.717) is 35.3 Å². The number of hydrogen-bond donors (Lipinski definition) is 0. The Morgan fingerprint density at radius 3 is 2.28 bits per heavy atom. The summed E-state index contributed by atoms with van der Waals surface area (Å²) in [5, 5.41) is 4.48. The number of amides is 1. The normalized spacial score (nSPS) is 16.5. The molecule has 3 heterocycles. The molecule has 1 amide bonds. The summed E-state index contributed by atoms with van der Waals surface area (Å²) in [6.45, 7) is 0.580. The van der Waals surface area contributed by atoms with Crippen molar-refractivity contribution in [2.75, 3.05) is 13.1 Å². The number of halogens is 4. The van der Waals surface area contributed by atoms with Gasteiger partial charge in [-0.05, 0) is 78.6 Å². The van der Waals surface area contributed by atoms with E-state index in [1.807, 2.05) is 0 Å². The van der Waals surface area contributed by atoms with Gasteiger partial charge in [0.2, 0.25) is 0 Å². The van der Waals surface area contributed by atoms with E-state index in [1.54, 1.807) is 41.6 Å². The molecule has 1 saturated heterocycles. The van der Waals surface area contributed by atoms with E-state index >= 15 is 0 Å². The van der Waals surface area contributed by atoms with Crippen molar-refractivity contribution in [3.63, 3.8) is 0 Å². The lowest BCUT2D eigenvalue weighted by atomic mass is 9.73. The zero-order chi connectivity index (χ0) is 27.4. The minimum atomic E-state index is -4.48. The maximum atomic E-state index is 14.0. The third-order valence-electron chi connectivity index (χ3n) is 7.72. The predicted octanol–water partition coefficient (Wildman–Crippen LogP) is 5.39. The van der Waals surface area contributed by atoms with E-state index < -0.39 is 23.0 Å². The summed E-state index contributed by atoms with van der Waals surface area (Å²) in [5.41, 5.74) is 1.66. The summed E-state index contributed by atoms with van der Waals surface area (Å²) in [5.74, 6) is -0.698. The molecule has 2 aromatic heterocycles. The second kappa shape index (κ2) is 9.14. The Morgan fingerprint density at radius 1 is 0.923 bits per heavy atom. The second-order valence-electron chi connectivity index (χ2n) is 9.88. The Morgan fingerprint density at radius 2 is 1.62 bits per heavy atom. The van der Waals surface area contributed by atoms with Gasteiger partial charge < -0.3 is 4.90 Å². The molecule has 0 saturated carbocycles. The first-order valence-electron chi connectivity index (χ1n) is 12.5. The maximum Gasteiger partial charge on any atom is 0.416 e. The smallest absolute Gasteiger partial charge is 0.337 e. The standard InChI is InChI=1S/C29H22F4N4O2/c30-21-4-1-19-15-26(38)28(23(19)16-21)9-13-36(14-10-28)27(39)24-17-25(18-7-11-34-12-8-18)37(35-24)22-5-2-20(3-6-22)29(31,32)33/h1-8,11-12,16-17H,9-10,13-15H2. The molecule has 0 radical (unpaired) electrons. The lowest BCUT2D eigenvalue weighted by molar-refractivity contribution is -0.137. The number of ketones is 1. The van der Waals surface area contributed by atoms with Crippen LogP contribution in [-0.4, -0.2) is 44.4 Å². The highest BCUT2D eigenvalue weighted by Crippen LogP contribution is 2.44. The average Bonchev–Trinajstić information content (AvgIpc) is 3.49. The van der Waals surface area contributed by atoms with Gasteiger partial charge in [0.15, 0.2) is 5.69 Å². The molecule has 1 spiro atoms.